The molecule has 0 spiro atoms. The van der Waals surface area contributed by atoms with Gasteiger partial charge in [0.25, 0.3) is 10.2 Å². The zero-order valence-electron chi connectivity index (χ0n) is 16.0. The van der Waals surface area contributed by atoms with Crippen LogP contribution in [0.25, 0.3) is 0 Å². The van der Waals surface area contributed by atoms with Gasteiger partial charge in [-0.1, -0.05) is 38.1 Å². The molecule has 0 aromatic heterocycles. The Balaban J connectivity index is 0.00000625. The second kappa shape index (κ2) is 12.6. The number of benzene rings is 1. The molecule has 0 bridgehead atoms. The molecule has 152 valence electrons. The van der Waals surface area contributed by atoms with Crippen LogP contribution in [-0.2, 0) is 19.7 Å². The highest BCUT2D eigenvalue weighted by Crippen LogP contribution is 2.17. The van der Waals surface area contributed by atoms with Crippen LogP contribution in [0, 0.1) is 0 Å². The van der Waals surface area contributed by atoms with E-state index in [0.29, 0.717) is 19.1 Å². The average Bonchev–Trinajstić information content (AvgIpc) is 2.59. The molecule has 1 atom stereocenters. The molecule has 26 heavy (non-hydrogen) atoms. The molecule has 0 fully saturated rings. The molecule has 0 amide bonds. The van der Waals surface area contributed by atoms with Gasteiger partial charge in [0, 0.05) is 39.9 Å². The van der Waals surface area contributed by atoms with Crippen molar-refractivity contribution in [3.8, 4) is 0 Å². The van der Waals surface area contributed by atoms with E-state index < -0.39 is 16.3 Å². The smallest absolute Gasteiger partial charge is 0.279 e. The quantitative estimate of drug-likeness (QED) is 0.547. The van der Waals surface area contributed by atoms with E-state index in [1.165, 1.54) is 24.1 Å². The number of nitrogens with two attached hydrogens (primary N) is 1. The summed E-state index contributed by atoms with van der Waals surface area (Å²) in [4.78, 5) is 0. The lowest BCUT2D eigenvalue weighted by Crippen LogP contribution is -2.45. The number of ether oxygens (including phenoxy) is 2. The number of hydrogen-bond acceptors (Lipinski definition) is 5. The van der Waals surface area contributed by atoms with E-state index >= 15 is 0 Å². The molecule has 0 radical (unpaired) electrons. The third kappa shape index (κ3) is 8.30. The van der Waals surface area contributed by atoms with E-state index in [-0.39, 0.29) is 32.0 Å². The number of rotatable bonds is 12. The van der Waals surface area contributed by atoms with Gasteiger partial charge in [0.1, 0.15) is 0 Å². The fraction of sp³-hybridized carbons (Fsp3) is 0.647. The van der Waals surface area contributed by atoms with Gasteiger partial charge in [-0.3, -0.25) is 0 Å². The van der Waals surface area contributed by atoms with Gasteiger partial charge in [0.2, 0.25) is 0 Å². The molecule has 0 aliphatic rings. The number of nitrogens with zero attached hydrogens (tertiary/aromatic N) is 1. The summed E-state index contributed by atoms with van der Waals surface area (Å²) in [7, 11) is -0.582. The van der Waals surface area contributed by atoms with Crippen molar-refractivity contribution in [2.75, 3.05) is 47.1 Å². The third-order valence-electron chi connectivity index (χ3n) is 3.95. The Hall–Kier alpha value is -0.740. The lowest BCUT2D eigenvalue weighted by atomic mass is 9.99. The second-order valence-corrected chi connectivity index (χ2v) is 7.92. The van der Waals surface area contributed by atoms with Crippen molar-refractivity contribution in [2.24, 2.45) is 5.73 Å². The van der Waals surface area contributed by atoms with Gasteiger partial charge in [-0.15, -0.1) is 12.4 Å². The Morgan fingerprint density at radius 1 is 1.04 bits per heavy atom. The molecule has 0 aliphatic heterocycles. The minimum absolute atomic E-state index is 0. The van der Waals surface area contributed by atoms with Crippen molar-refractivity contribution < 1.29 is 17.9 Å². The van der Waals surface area contributed by atoms with Crippen LogP contribution in [0.5, 0.6) is 0 Å². The summed E-state index contributed by atoms with van der Waals surface area (Å²) in [5, 5.41) is 0. The standard InChI is InChI=1S/C17H31N3O4S.ClH/c1-14(2)15-5-7-16(8-6-15)17(18)13-19-25(21,22)20(9-11-23-3)10-12-24-4;/h5-8,14,17,19H,9-13,18H2,1-4H3;1H. The van der Waals surface area contributed by atoms with E-state index in [4.69, 9.17) is 15.2 Å². The molecule has 3 N–H and O–H groups in total. The van der Waals surface area contributed by atoms with Gasteiger partial charge in [-0.2, -0.15) is 12.7 Å². The van der Waals surface area contributed by atoms with Crippen molar-refractivity contribution in [1.82, 2.24) is 9.03 Å². The summed E-state index contributed by atoms with van der Waals surface area (Å²) in [6, 6.07) is 7.53. The van der Waals surface area contributed by atoms with Crippen LogP contribution in [0.3, 0.4) is 0 Å². The molecular formula is C17H32ClN3O4S. The van der Waals surface area contributed by atoms with Crippen molar-refractivity contribution in [3.63, 3.8) is 0 Å². The largest absolute Gasteiger partial charge is 0.383 e. The minimum atomic E-state index is -3.65. The first-order valence-electron chi connectivity index (χ1n) is 8.39. The van der Waals surface area contributed by atoms with Crippen LogP contribution >= 0.6 is 12.4 Å². The van der Waals surface area contributed by atoms with Crippen molar-refractivity contribution in [3.05, 3.63) is 35.4 Å². The number of halogens is 1. The molecule has 0 saturated carbocycles. The van der Waals surface area contributed by atoms with E-state index in [1.54, 1.807) is 0 Å². The van der Waals surface area contributed by atoms with E-state index in [1.807, 2.05) is 24.3 Å². The maximum atomic E-state index is 12.5. The van der Waals surface area contributed by atoms with E-state index in [9.17, 15) is 8.42 Å². The number of nitrogens with one attached hydrogen (secondary N) is 1. The fourth-order valence-corrected chi connectivity index (χ4v) is 3.47. The first-order valence-corrected chi connectivity index (χ1v) is 9.83. The minimum Gasteiger partial charge on any atom is -0.383 e. The zero-order valence-corrected chi connectivity index (χ0v) is 17.6. The highest BCUT2D eigenvalue weighted by molar-refractivity contribution is 7.87. The average molecular weight is 410 g/mol. The van der Waals surface area contributed by atoms with Crippen molar-refractivity contribution in [1.29, 1.82) is 0 Å². The summed E-state index contributed by atoms with van der Waals surface area (Å²) in [6.07, 6.45) is 0. The summed E-state index contributed by atoms with van der Waals surface area (Å²) in [6.45, 7) is 5.51. The van der Waals surface area contributed by atoms with Gasteiger partial charge in [0.05, 0.1) is 13.2 Å². The van der Waals surface area contributed by atoms with Crippen molar-refractivity contribution in [2.45, 2.75) is 25.8 Å². The molecule has 1 aromatic rings. The summed E-state index contributed by atoms with van der Waals surface area (Å²) in [5.41, 5.74) is 8.25. The van der Waals surface area contributed by atoms with Gasteiger partial charge in [-0.05, 0) is 17.0 Å². The van der Waals surface area contributed by atoms with Crippen LogP contribution in [0.15, 0.2) is 24.3 Å². The first-order chi connectivity index (χ1) is 11.8. The Morgan fingerprint density at radius 2 is 1.50 bits per heavy atom. The molecular weight excluding hydrogens is 378 g/mol. The topological polar surface area (TPSA) is 93.9 Å². The predicted molar refractivity (Wildman–Crippen MR) is 107 cm³/mol. The SMILES string of the molecule is COCCN(CCOC)S(=O)(=O)NCC(N)c1ccc(C(C)C)cc1.Cl. The molecule has 7 nitrogen and oxygen atoms in total. The molecule has 1 unspecified atom stereocenters. The molecule has 0 heterocycles. The number of hydrogen-bond donors (Lipinski definition) is 2. The maximum Gasteiger partial charge on any atom is 0.279 e. The molecule has 0 aliphatic carbocycles. The highest BCUT2D eigenvalue weighted by Gasteiger charge is 2.22. The van der Waals surface area contributed by atoms with Gasteiger partial charge >= 0.3 is 0 Å². The maximum absolute atomic E-state index is 12.5. The Labute approximate surface area is 163 Å². The molecule has 0 saturated heterocycles. The van der Waals surface area contributed by atoms with Gasteiger partial charge < -0.3 is 15.2 Å². The van der Waals surface area contributed by atoms with E-state index in [2.05, 4.69) is 18.6 Å². The Morgan fingerprint density at radius 3 is 1.92 bits per heavy atom. The van der Waals surface area contributed by atoms with Crippen LogP contribution in [-0.4, -0.2) is 59.8 Å². The van der Waals surface area contributed by atoms with Crippen LogP contribution in [0.2, 0.25) is 0 Å². The fourth-order valence-electron chi connectivity index (χ4n) is 2.27. The van der Waals surface area contributed by atoms with Crippen LogP contribution in [0.4, 0.5) is 0 Å². The Kier molecular flexibility index (Phi) is 12.3. The lowest BCUT2D eigenvalue weighted by molar-refractivity contribution is 0.149. The summed E-state index contributed by atoms with van der Waals surface area (Å²) < 4.78 is 38.8. The molecule has 1 rings (SSSR count). The molecule has 1 aromatic carbocycles. The van der Waals surface area contributed by atoms with E-state index in [0.717, 1.165) is 5.56 Å². The predicted octanol–water partition coefficient (Wildman–Crippen LogP) is 1.66. The highest BCUT2D eigenvalue weighted by atomic mass is 35.5. The normalized spacial score (nSPS) is 13.0. The summed E-state index contributed by atoms with van der Waals surface area (Å²) >= 11 is 0. The van der Waals surface area contributed by atoms with Crippen molar-refractivity contribution >= 4 is 22.6 Å². The summed E-state index contributed by atoms with van der Waals surface area (Å²) in [5.74, 6) is 0.443. The van der Waals surface area contributed by atoms with Crippen LogP contribution < -0.4 is 10.5 Å². The first kappa shape index (κ1) is 25.3. The van der Waals surface area contributed by atoms with Gasteiger partial charge in [0.15, 0.2) is 0 Å². The molecule has 9 heteroatoms. The zero-order chi connectivity index (χ0) is 18.9. The van der Waals surface area contributed by atoms with Crippen LogP contribution in [0.1, 0.15) is 36.9 Å². The monoisotopic (exact) mass is 409 g/mol. The second-order valence-electron chi connectivity index (χ2n) is 6.17. The Bertz CT molecular complexity index is 589. The third-order valence-corrected chi connectivity index (χ3v) is 5.52. The van der Waals surface area contributed by atoms with Gasteiger partial charge in [-0.25, -0.2) is 4.72 Å². The number of methoxy groups -OCH3 is 2. The lowest BCUT2D eigenvalue weighted by Gasteiger charge is -2.23.